The minimum atomic E-state index is -0.935. The SMILES string of the molecule is CCOC(=O)C[C@H]1C(=O)NCCN1c1nc2ccccn2c(=O)c1/C=C1\SC(=S)N(Cc2ccccc2)C1=O. The minimum Gasteiger partial charge on any atom is -0.466 e. The van der Waals surface area contributed by atoms with Crippen molar-refractivity contribution in [2.24, 2.45) is 0 Å². The molecule has 4 heterocycles. The van der Waals surface area contributed by atoms with Gasteiger partial charge in [0.1, 0.15) is 21.8 Å². The molecule has 2 amide bonds. The quantitative estimate of drug-likeness (QED) is 0.263. The van der Waals surface area contributed by atoms with Crippen LogP contribution in [0.5, 0.6) is 0 Å². The summed E-state index contributed by atoms with van der Waals surface area (Å²) in [5.41, 5.74) is 1.00. The summed E-state index contributed by atoms with van der Waals surface area (Å²) in [7, 11) is 0. The highest BCUT2D eigenvalue weighted by Crippen LogP contribution is 2.35. The van der Waals surface area contributed by atoms with Crippen molar-refractivity contribution < 1.29 is 19.1 Å². The van der Waals surface area contributed by atoms with Crippen LogP contribution in [0, 0.1) is 0 Å². The molecule has 5 rings (SSSR count). The summed E-state index contributed by atoms with van der Waals surface area (Å²) >= 11 is 6.60. The molecule has 3 aromatic rings. The number of carbonyl (C=O) groups is 3. The van der Waals surface area contributed by atoms with E-state index in [1.165, 1.54) is 15.4 Å². The Morgan fingerprint density at radius 1 is 1.18 bits per heavy atom. The topological polar surface area (TPSA) is 113 Å². The monoisotopic (exact) mass is 563 g/mol. The van der Waals surface area contributed by atoms with Gasteiger partial charge in [0.15, 0.2) is 0 Å². The molecule has 200 valence electrons. The van der Waals surface area contributed by atoms with Crippen LogP contribution in [-0.2, 0) is 25.7 Å². The van der Waals surface area contributed by atoms with Crippen LogP contribution in [0.1, 0.15) is 24.5 Å². The molecule has 39 heavy (non-hydrogen) atoms. The van der Waals surface area contributed by atoms with Gasteiger partial charge in [0.25, 0.3) is 11.5 Å². The number of hydrogen-bond donors (Lipinski definition) is 1. The standard InChI is InChI=1S/C27H25N5O5S2/c1-2-37-22(33)15-19-24(34)28-11-13-30(19)23-18(25(35)31-12-7-6-10-21(31)29-23)14-20-26(36)32(27(38)39-20)16-17-8-4-3-5-9-17/h3-10,12,14,19H,2,11,13,15-16H2,1H3,(H,28,34)/b20-14-/t19-/m0/s1. The summed E-state index contributed by atoms with van der Waals surface area (Å²) in [6.07, 6.45) is 2.86. The van der Waals surface area contributed by atoms with Gasteiger partial charge >= 0.3 is 5.97 Å². The first-order chi connectivity index (χ1) is 18.9. The number of carbonyl (C=O) groups excluding carboxylic acids is 3. The number of rotatable bonds is 7. The second-order valence-corrected chi connectivity index (χ2v) is 10.5. The van der Waals surface area contributed by atoms with Crippen molar-refractivity contribution in [3.05, 3.63) is 81.1 Å². The Kier molecular flexibility index (Phi) is 7.75. The first-order valence-electron chi connectivity index (χ1n) is 12.4. The number of thioether (sulfide) groups is 1. The molecule has 1 atom stereocenters. The number of ether oxygens (including phenoxy) is 1. The van der Waals surface area contributed by atoms with Crippen LogP contribution in [-0.4, -0.2) is 62.1 Å². The normalized spacial score (nSPS) is 18.6. The average Bonchev–Trinajstić information content (AvgIpc) is 3.19. The smallest absolute Gasteiger partial charge is 0.308 e. The Morgan fingerprint density at radius 3 is 2.72 bits per heavy atom. The number of aromatic nitrogens is 2. The molecular weight excluding hydrogens is 538 g/mol. The number of nitrogens with one attached hydrogen (secondary N) is 1. The molecule has 0 radical (unpaired) electrons. The molecule has 2 fully saturated rings. The lowest BCUT2D eigenvalue weighted by Gasteiger charge is -2.36. The first-order valence-corrected chi connectivity index (χ1v) is 13.6. The van der Waals surface area contributed by atoms with E-state index in [0.717, 1.165) is 17.3 Å². The van der Waals surface area contributed by atoms with Gasteiger partial charge in [0.05, 0.1) is 30.0 Å². The fraction of sp³-hybridized carbons (Fsp3) is 0.259. The molecule has 0 spiro atoms. The highest BCUT2D eigenvalue weighted by Gasteiger charge is 2.36. The van der Waals surface area contributed by atoms with E-state index in [1.807, 2.05) is 30.3 Å². The second kappa shape index (κ2) is 11.4. The van der Waals surface area contributed by atoms with Crippen molar-refractivity contribution >= 4 is 63.6 Å². The Balaban J connectivity index is 1.59. The van der Waals surface area contributed by atoms with Crippen LogP contribution in [0.4, 0.5) is 5.82 Å². The van der Waals surface area contributed by atoms with Gasteiger partial charge in [-0.05, 0) is 30.7 Å². The van der Waals surface area contributed by atoms with Gasteiger partial charge < -0.3 is 15.0 Å². The Hall–Kier alpha value is -4.03. The molecule has 10 nitrogen and oxygen atoms in total. The molecule has 2 aliphatic heterocycles. The van der Waals surface area contributed by atoms with E-state index < -0.39 is 17.6 Å². The zero-order valence-corrected chi connectivity index (χ0v) is 22.7. The van der Waals surface area contributed by atoms with Crippen molar-refractivity contribution in [3.63, 3.8) is 0 Å². The highest BCUT2D eigenvalue weighted by molar-refractivity contribution is 8.26. The van der Waals surface area contributed by atoms with Gasteiger partial charge in [0.2, 0.25) is 5.91 Å². The van der Waals surface area contributed by atoms with E-state index in [0.29, 0.717) is 29.6 Å². The third-order valence-electron chi connectivity index (χ3n) is 6.35. The molecular formula is C27H25N5O5S2. The lowest BCUT2D eigenvalue weighted by molar-refractivity contribution is -0.145. The van der Waals surface area contributed by atoms with Gasteiger partial charge in [-0.25, -0.2) is 4.98 Å². The predicted molar refractivity (Wildman–Crippen MR) is 152 cm³/mol. The van der Waals surface area contributed by atoms with Gasteiger partial charge in [-0.3, -0.25) is 28.5 Å². The molecule has 2 saturated heterocycles. The number of thiocarbonyl (C=S) groups is 1. The number of pyridine rings is 1. The number of hydrogen-bond acceptors (Lipinski definition) is 9. The lowest BCUT2D eigenvalue weighted by Crippen LogP contribution is -2.57. The first kappa shape index (κ1) is 26.6. The number of benzene rings is 1. The van der Waals surface area contributed by atoms with E-state index >= 15 is 0 Å². The highest BCUT2D eigenvalue weighted by atomic mass is 32.2. The summed E-state index contributed by atoms with van der Waals surface area (Å²) in [5.74, 6) is -1.02. The maximum Gasteiger partial charge on any atom is 0.308 e. The van der Waals surface area contributed by atoms with Gasteiger partial charge in [-0.15, -0.1) is 0 Å². The number of piperazine rings is 1. The summed E-state index contributed by atoms with van der Waals surface area (Å²) in [6, 6.07) is 13.7. The van der Waals surface area contributed by atoms with Crippen LogP contribution >= 0.6 is 24.0 Å². The maximum absolute atomic E-state index is 13.7. The zero-order valence-electron chi connectivity index (χ0n) is 21.0. The lowest BCUT2D eigenvalue weighted by atomic mass is 10.1. The fourth-order valence-corrected chi connectivity index (χ4v) is 5.76. The van der Waals surface area contributed by atoms with E-state index in [-0.39, 0.29) is 41.1 Å². The van der Waals surface area contributed by atoms with Crippen LogP contribution < -0.4 is 15.8 Å². The third-order valence-corrected chi connectivity index (χ3v) is 7.73. The molecule has 0 aliphatic carbocycles. The number of esters is 1. The van der Waals surface area contributed by atoms with E-state index in [2.05, 4.69) is 5.32 Å². The van der Waals surface area contributed by atoms with Crippen molar-refractivity contribution in [2.45, 2.75) is 25.9 Å². The minimum absolute atomic E-state index is 0.127. The van der Waals surface area contributed by atoms with Gasteiger partial charge in [0, 0.05) is 19.3 Å². The van der Waals surface area contributed by atoms with Crippen LogP contribution in [0.3, 0.4) is 0 Å². The molecule has 2 aromatic heterocycles. The average molecular weight is 564 g/mol. The summed E-state index contributed by atoms with van der Waals surface area (Å²) < 4.78 is 6.84. The van der Waals surface area contributed by atoms with Crippen molar-refractivity contribution in [1.29, 1.82) is 0 Å². The van der Waals surface area contributed by atoms with Crippen molar-refractivity contribution in [1.82, 2.24) is 19.6 Å². The summed E-state index contributed by atoms with van der Waals surface area (Å²) in [5, 5.41) is 2.77. The Morgan fingerprint density at radius 2 is 1.95 bits per heavy atom. The maximum atomic E-state index is 13.7. The van der Waals surface area contributed by atoms with Crippen LogP contribution in [0.25, 0.3) is 11.7 Å². The molecule has 0 unspecified atom stereocenters. The van der Waals surface area contributed by atoms with Gasteiger partial charge in [-0.1, -0.05) is 60.4 Å². The zero-order chi connectivity index (χ0) is 27.5. The molecule has 0 bridgehead atoms. The summed E-state index contributed by atoms with van der Waals surface area (Å²) in [4.78, 5) is 60.5. The summed E-state index contributed by atoms with van der Waals surface area (Å²) in [6.45, 7) is 2.78. The third kappa shape index (κ3) is 5.43. The number of fused-ring (bicyclic) bond motifs is 1. The fourth-order valence-electron chi connectivity index (χ4n) is 4.52. The van der Waals surface area contributed by atoms with Crippen LogP contribution in [0.2, 0.25) is 0 Å². The van der Waals surface area contributed by atoms with Crippen molar-refractivity contribution in [2.75, 3.05) is 24.6 Å². The van der Waals surface area contributed by atoms with Crippen LogP contribution in [0.15, 0.2) is 64.4 Å². The second-order valence-electron chi connectivity index (χ2n) is 8.85. The number of nitrogens with zero attached hydrogens (tertiary/aromatic N) is 4. The van der Waals surface area contributed by atoms with E-state index in [1.54, 1.807) is 36.2 Å². The van der Waals surface area contributed by atoms with Crippen molar-refractivity contribution in [3.8, 4) is 0 Å². The largest absolute Gasteiger partial charge is 0.466 e. The van der Waals surface area contributed by atoms with Gasteiger partial charge in [-0.2, -0.15) is 0 Å². The molecule has 2 aliphatic rings. The molecule has 1 N–H and O–H groups in total. The van der Waals surface area contributed by atoms with E-state index in [4.69, 9.17) is 21.9 Å². The predicted octanol–water partition coefficient (Wildman–Crippen LogP) is 2.35. The Labute approximate surface area is 233 Å². The van der Waals surface area contributed by atoms with E-state index in [9.17, 15) is 19.2 Å². The number of anilines is 1. The number of amides is 2. The molecule has 1 aromatic carbocycles. The molecule has 0 saturated carbocycles. The molecule has 12 heteroatoms. The Bertz CT molecular complexity index is 1560.